The predicted octanol–water partition coefficient (Wildman–Crippen LogP) is 2.35. The number of carbonyl (C=O) groups excluding carboxylic acids is 1. The molecular weight excluding hydrogens is 294 g/mol. The van der Waals surface area contributed by atoms with E-state index < -0.39 is 12.1 Å². The Morgan fingerprint density at radius 3 is 2.52 bits per heavy atom. The van der Waals surface area contributed by atoms with Crippen molar-refractivity contribution in [3.8, 4) is 5.75 Å². The van der Waals surface area contributed by atoms with Crippen LogP contribution < -0.4 is 4.74 Å². The lowest BCUT2D eigenvalue weighted by Gasteiger charge is -2.21. The molecule has 0 saturated heterocycles. The second-order valence-electron chi connectivity index (χ2n) is 5.61. The summed E-state index contributed by atoms with van der Waals surface area (Å²) in [6.45, 7) is 0.412. The van der Waals surface area contributed by atoms with E-state index in [1.807, 2.05) is 24.3 Å². The molecule has 0 aromatic heterocycles. The summed E-state index contributed by atoms with van der Waals surface area (Å²) in [6, 6.07) is 14.2. The zero-order chi connectivity index (χ0) is 16.4. The van der Waals surface area contributed by atoms with Crippen LogP contribution in [0.3, 0.4) is 0 Å². The van der Waals surface area contributed by atoms with Crippen LogP contribution in [0.2, 0.25) is 0 Å². The number of benzene rings is 2. The van der Waals surface area contributed by atoms with E-state index in [0.717, 1.165) is 16.9 Å². The van der Waals surface area contributed by atoms with Crippen LogP contribution in [-0.2, 0) is 17.8 Å². The van der Waals surface area contributed by atoms with Gasteiger partial charge in [-0.1, -0.05) is 30.3 Å². The maximum absolute atomic E-state index is 12.5. The molecule has 3 rings (SSSR count). The lowest BCUT2D eigenvalue weighted by molar-refractivity contribution is -0.137. The number of hydrogen-bond acceptors (Lipinski definition) is 3. The maximum atomic E-state index is 12.5. The van der Waals surface area contributed by atoms with Crippen LogP contribution in [-0.4, -0.2) is 35.0 Å². The Morgan fingerprint density at radius 1 is 1.17 bits per heavy atom. The molecule has 0 saturated carbocycles. The molecule has 1 aliphatic rings. The summed E-state index contributed by atoms with van der Waals surface area (Å²) in [7, 11) is 1.72. The van der Waals surface area contributed by atoms with E-state index >= 15 is 0 Å². The Balaban J connectivity index is 1.63. The van der Waals surface area contributed by atoms with Crippen molar-refractivity contribution >= 4 is 11.9 Å². The van der Waals surface area contributed by atoms with Gasteiger partial charge in [0.15, 0.2) is 6.10 Å². The zero-order valence-electron chi connectivity index (χ0n) is 12.7. The van der Waals surface area contributed by atoms with Gasteiger partial charge in [0.05, 0.1) is 5.56 Å². The topological polar surface area (TPSA) is 66.8 Å². The van der Waals surface area contributed by atoms with Gasteiger partial charge in [-0.15, -0.1) is 0 Å². The maximum Gasteiger partial charge on any atom is 0.335 e. The number of hydrogen-bond donors (Lipinski definition) is 1. The van der Waals surface area contributed by atoms with Crippen molar-refractivity contribution in [1.29, 1.82) is 0 Å². The van der Waals surface area contributed by atoms with Crippen LogP contribution in [0.4, 0.5) is 0 Å². The molecule has 0 spiro atoms. The average Bonchev–Trinajstić information content (AvgIpc) is 2.98. The third-order valence-corrected chi connectivity index (χ3v) is 3.92. The summed E-state index contributed by atoms with van der Waals surface area (Å²) in [5.41, 5.74) is 2.16. The minimum Gasteiger partial charge on any atom is -0.480 e. The van der Waals surface area contributed by atoms with Gasteiger partial charge in [-0.25, -0.2) is 4.79 Å². The first-order valence-electron chi connectivity index (χ1n) is 7.36. The summed E-state index contributed by atoms with van der Waals surface area (Å²) in [5.74, 6) is -0.272. The highest BCUT2D eigenvalue weighted by Crippen LogP contribution is 2.29. The molecule has 0 unspecified atom stereocenters. The van der Waals surface area contributed by atoms with Gasteiger partial charge in [0.2, 0.25) is 0 Å². The van der Waals surface area contributed by atoms with Gasteiger partial charge in [0, 0.05) is 20.0 Å². The highest BCUT2D eigenvalue weighted by Gasteiger charge is 2.30. The molecule has 1 heterocycles. The lowest BCUT2D eigenvalue weighted by atomic mass is 10.1. The Bertz CT molecular complexity index is 714. The normalized spacial score (nSPS) is 15.6. The standard InChI is InChI=1S/C18H17NO4/c1-19(11-12-6-8-13(9-7-12)18(21)22)17(20)16-10-14-4-2-3-5-15(14)23-16/h2-9,16H,10-11H2,1H3,(H,21,22)/t16-/m0/s1. The number of aromatic carboxylic acids is 1. The number of fused-ring (bicyclic) bond motifs is 1. The number of rotatable bonds is 4. The molecular formula is C18H17NO4. The van der Waals surface area contributed by atoms with E-state index in [0.29, 0.717) is 13.0 Å². The smallest absolute Gasteiger partial charge is 0.335 e. The Labute approximate surface area is 134 Å². The number of amides is 1. The molecule has 1 amide bonds. The number of ether oxygens (including phenoxy) is 1. The zero-order valence-corrected chi connectivity index (χ0v) is 12.7. The van der Waals surface area contributed by atoms with E-state index in [-0.39, 0.29) is 11.5 Å². The minimum absolute atomic E-state index is 0.0801. The summed E-state index contributed by atoms with van der Waals surface area (Å²) in [6.07, 6.45) is 0.0906. The van der Waals surface area contributed by atoms with Crippen molar-refractivity contribution in [3.05, 3.63) is 65.2 Å². The molecule has 2 aromatic carbocycles. The summed E-state index contributed by atoms with van der Waals surface area (Å²) < 4.78 is 5.71. The Kier molecular flexibility index (Phi) is 4.02. The first-order chi connectivity index (χ1) is 11.0. The van der Waals surface area contributed by atoms with Crippen LogP contribution in [0.25, 0.3) is 0 Å². The molecule has 23 heavy (non-hydrogen) atoms. The van der Waals surface area contributed by atoms with Gasteiger partial charge in [-0.2, -0.15) is 0 Å². The molecule has 1 N–H and O–H groups in total. The van der Waals surface area contributed by atoms with Crippen molar-refractivity contribution in [2.24, 2.45) is 0 Å². The van der Waals surface area contributed by atoms with Gasteiger partial charge < -0.3 is 14.7 Å². The molecule has 5 heteroatoms. The van der Waals surface area contributed by atoms with Gasteiger partial charge in [-0.3, -0.25) is 4.79 Å². The van der Waals surface area contributed by atoms with Gasteiger partial charge in [0.25, 0.3) is 5.91 Å². The van der Waals surface area contributed by atoms with E-state index in [2.05, 4.69) is 0 Å². The second-order valence-corrected chi connectivity index (χ2v) is 5.61. The minimum atomic E-state index is -0.960. The van der Waals surface area contributed by atoms with Crippen molar-refractivity contribution in [2.75, 3.05) is 7.05 Å². The molecule has 2 aromatic rings. The van der Waals surface area contributed by atoms with Gasteiger partial charge >= 0.3 is 5.97 Å². The van der Waals surface area contributed by atoms with Crippen molar-refractivity contribution < 1.29 is 19.4 Å². The summed E-state index contributed by atoms with van der Waals surface area (Å²) >= 11 is 0. The quantitative estimate of drug-likeness (QED) is 0.941. The molecule has 1 atom stereocenters. The van der Waals surface area contributed by atoms with Crippen molar-refractivity contribution in [2.45, 2.75) is 19.1 Å². The van der Waals surface area contributed by atoms with E-state index in [4.69, 9.17) is 9.84 Å². The molecule has 1 aliphatic heterocycles. The van der Waals surface area contributed by atoms with Crippen molar-refractivity contribution in [1.82, 2.24) is 4.90 Å². The van der Waals surface area contributed by atoms with Crippen LogP contribution in [0.15, 0.2) is 48.5 Å². The number of carbonyl (C=O) groups is 2. The molecule has 5 nitrogen and oxygen atoms in total. The van der Waals surface area contributed by atoms with E-state index in [9.17, 15) is 9.59 Å². The summed E-state index contributed by atoms with van der Waals surface area (Å²) in [5, 5.41) is 8.89. The van der Waals surface area contributed by atoms with Crippen molar-refractivity contribution in [3.63, 3.8) is 0 Å². The Hall–Kier alpha value is -2.82. The largest absolute Gasteiger partial charge is 0.480 e. The molecule has 0 aliphatic carbocycles. The van der Waals surface area contributed by atoms with Crippen LogP contribution in [0, 0.1) is 0 Å². The number of para-hydroxylation sites is 1. The fourth-order valence-electron chi connectivity index (χ4n) is 2.67. The molecule has 0 fully saturated rings. The van der Waals surface area contributed by atoms with Gasteiger partial charge in [0.1, 0.15) is 5.75 Å². The second kappa shape index (κ2) is 6.12. The Morgan fingerprint density at radius 2 is 1.87 bits per heavy atom. The fourth-order valence-corrected chi connectivity index (χ4v) is 2.67. The number of likely N-dealkylation sites (N-methyl/N-ethyl adjacent to an activating group) is 1. The fraction of sp³-hybridized carbons (Fsp3) is 0.222. The number of nitrogens with zero attached hydrogens (tertiary/aromatic N) is 1. The molecule has 118 valence electrons. The lowest BCUT2D eigenvalue weighted by Crippen LogP contribution is -2.38. The predicted molar refractivity (Wildman–Crippen MR) is 84.4 cm³/mol. The molecule has 0 radical (unpaired) electrons. The monoisotopic (exact) mass is 311 g/mol. The van der Waals surface area contributed by atoms with E-state index in [1.54, 1.807) is 24.1 Å². The highest BCUT2D eigenvalue weighted by atomic mass is 16.5. The molecule has 0 bridgehead atoms. The van der Waals surface area contributed by atoms with Crippen LogP contribution in [0.1, 0.15) is 21.5 Å². The van der Waals surface area contributed by atoms with Crippen LogP contribution in [0.5, 0.6) is 5.75 Å². The van der Waals surface area contributed by atoms with E-state index in [1.165, 1.54) is 12.1 Å². The first-order valence-corrected chi connectivity index (χ1v) is 7.36. The average molecular weight is 311 g/mol. The third kappa shape index (κ3) is 3.18. The number of carboxylic acid groups (broad SMARTS) is 1. The van der Waals surface area contributed by atoms with Crippen LogP contribution >= 0.6 is 0 Å². The SMILES string of the molecule is CN(Cc1ccc(C(=O)O)cc1)C(=O)[C@@H]1Cc2ccccc2O1. The first kappa shape index (κ1) is 15.1. The summed E-state index contributed by atoms with van der Waals surface area (Å²) in [4.78, 5) is 24.9. The highest BCUT2D eigenvalue weighted by molar-refractivity contribution is 5.87. The van der Waals surface area contributed by atoms with Gasteiger partial charge in [-0.05, 0) is 29.3 Å². The number of carboxylic acids is 1. The third-order valence-electron chi connectivity index (χ3n) is 3.92.